The first-order valence-electron chi connectivity index (χ1n) is 7.92. The van der Waals surface area contributed by atoms with Crippen molar-refractivity contribution < 1.29 is 22.7 Å². The number of nitrogens with zero attached hydrogens (tertiary/aromatic N) is 2. The zero-order chi connectivity index (χ0) is 18.6. The highest BCUT2D eigenvalue weighted by Crippen LogP contribution is 2.32. The van der Waals surface area contributed by atoms with E-state index in [1.54, 1.807) is 36.5 Å². The summed E-state index contributed by atoms with van der Waals surface area (Å²) in [5.74, 6) is 0.896. The lowest BCUT2D eigenvalue weighted by molar-refractivity contribution is -0.121. The van der Waals surface area contributed by atoms with Crippen LogP contribution in [0.4, 0.5) is 0 Å². The number of carbonyl (C=O) groups is 1. The monoisotopic (exact) mass is 377 g/mol. The van der Waals surface area contributed by atoms with Gasteiger partial charge in [-0.05, 0) is 29.8 Å². The van der Waals surface area contributed by atoms with E-state index in [4.69, 9.17) is 9.47 Å². The predicted molar refractivity (Wildman–Crippen MR) is 93.9 cm³/mol. The predicted octanol–water partition coefficient (Wildman–Crippen LogP) is 0.888. The minimum atomic E-state index is -3.55. The molecule has 138 valence electrons. The number of fused-ring (bicyclic) bond motifs is 1. The van der Waals surface area contributed by atoms with Gasteiger partial charge in [-0.3, -0.25) is 9.78 Å². The van der Waals surface area contributed by atoms with Crippen molar-refractivity contribution in [3.8, 4) is 11.5 Å². The molecule has 1 N–H and O–H groups in total. The number of hydrogen-bond acceptors (Lipinski definition) is 6. The number of pyridine rings is 1. The second-order valence-corrected chi connectivity index (χ2v) is 7.80. The summed E-state index contributed by atoms with van der Waals surface area (Å²) in [6, 6.07) is 10.6. The fourth-order valence-corrected chi connectivity index (χ4v) is 3.15. The van der Waals surface area contributed by atoms with Gasteiger partial charge in [0.25, 0.3) is 0 Å². The summed E-state index contributed by atoms with van der Waals surface area (Å²) in [6.07, 6.45) is 2.65. The molecule has 0 bridgehead atoms. The second kappa shape index (κ2) is 7.71. The van der Waals surface area contributed by atoms with Crippen LogP contribution >= 0.6 is 0 Å². The normalized spacial score (nSPS) is 13.0. The molecule has 0 atom stereocenters. The average Bonchev–Trinajstić information content (AvgIpc) is 3.07. The topological polar surface area (TPSA) is 97.8 Å². The first kappa shape index (κ1) is 18.2. The van der Waals surface area contributed by atoms with Crippen molar-refractivity contribution in [1.82, 2.24) is 14.6 Å². The molecule has 0 radical (unpaired) electrons. The molecule has 26 heavy (non-hydrogen) atoms. The number of hydrogen-bond donors (Lipinski definition) is 1. The van der Waals surface area contributed by atoms with Crippen molar-refractivity contribution in [1.29, 1.82) is 0 Å². The molecule has 3 rings (SSSR count). The number of aromatic nitrogens is 1. The maximum Gasteiger partial charge on any atom is 0.235 e. The minimum absolute atomic E-state index is 0.0388. The third kappa shape index (κ3) is 4.70. The summed E-state index contributed by atoms with van der Waals surface area (Å²) in [4.78, 5) is 16.3. The Morgan fingerprint density at radius 1 is 1.23 bits per heavy atom. The highest BCUT2D eigenvalue weighted by atomic mass is 32.2. The standard InChI is InChI=1S/C17H19N3O5S/c1-26(22,23)20(10-14-4-2-3-7-18-14)11-17(21)19-9-13-5-6-15-16(8-13)25-12-24-15/h2-8H,9-12H2,1H3,(H,19,21). The Balaban J connectivity index is 1.59. The molecule has 9 heteroatoms. The molecule has 0 fully saturated rings. The molecule has 2 heterocycles. The van der Waals surface area contributed by atoms with Crippen LogP contribution in [0.2, 0.25) is 0 Å². The molecule has 0 unspecified atom stereocenters. The maximum absolute atomic E-state index is 12.2. The SMILES string of the molecule is CS(=O)(=O)N(CC(=O)NCc1ccc2c(c1)OCO2)Cc1ccccn1. The summed E-state index contributed by atoms with van der Waals surface area (Å²) in [7, 11) is -3.55. The number of ether oxygens (including phenoxy) is 2. The Hall–Kier alpha value is -2.65. The number of sulfonamides is 1. The van der Waals surface area contributed by atoms with Crippen LogP contribution in [0.3, 0.4) is 0 Å². The average molecular weight is 377 g/mol. The van der Waals surface area contributed by atoms with E-state index in [1.807, 2.05) is 6.07 Å². The van der Waals surface area contributed by atoms with E-state index in [2.05, 4.69) is 10.3 Å². The van der Waals surface area contributed by atoms with Crippen LogP contribution in [-0.4, -0.2) is 43.2 Å². The van der Waals surface area contributed by atoms with Gasteiger partial charge in [0.1, 0.15) is 0 Å². The highest BCUT2D eigenvalue weighted by Gasteiger charge is 2.21. The molecule has 1 aromatic carbocycles. The molecule has 0 saturated carbocycles. The fraction of sp³-hybridized carbons (Fsp3) is 0.294. The zero-order valence-corrected chi connectivity index (χ0v) is 15.0. The molecule has 8 nitrogen and oxygen atoms in total. The molecule has 0 aliphatic carbocycles. The van der Waals surface area contributed by atoms with E-state index in [0.29, 0.717) is 17.2 Å². The van der Waals surface area contributed by atoms with Gasteiger partial charge in [0.15, 0.2) is 11.5 Å². The van der Waals surface area contributed by atoms with Crippen LogP contribution in [0.25, 0.3) is 0 Å². The van der Waals surface area contributed by atoms with E-state index in [1.165, 1.54) is 0 Å². The van der Waals surface area contributed by atoms with E-state index in [9.17, 15) is 13.2 Å². The van der Waals surface area contributed by atoms with Crippen molar-refractivity contribution in [3.05, 3.63) is 53.9 Å². The van der Waals surface area contributed by atoms with Gasteiger partial charge in [-0.25, -0.2) is 8.42 Å². The number of nitrogens with one attached hydrogen (secondary N) is 1. The lowest BCUT2D eigenvalue weighted by Crippen LogP contribution is -2.39. The summed E-state index contributed by atoms with van der Waals surface area (Å²) >= 11 is 0. The lowest BCUT2D eigenvalue weighted by atomic mass is 10.2. The first-order chi connectivity index (χ1) is 12.4. The van der Waals surface area contributed by atoms with E-state index in [0.717, 1.165) is 16.1 Å². The van der Waals surface area contributed by atoms with Gasteiger partial charge in [-0.2, -0.15) is 4.31 Å². The van der Waals surface area contributed by atoms with Gasteiger partial charge < -0.3 is 14.8 Å². The lowest BCUT2D eigenvalue weighted by Gasteiger charge is -2.19. The van der Waals surface area contributed by atoms with Crippen molar-refractivity contribution in [2.75, 3.05) is 19.6 Å². The minimum Gasteiger partial charge on any atom is -0.454 e. The number of rotatable bonds is 7. The van der Waals surface area contributed by atoms with Crippen LogP contribution in [-0.2, 0) is 27.9 Å². The van der Waals surface area contributed by atoms with Crippen molar-refractivity contribution in [3.63, 3.8) is 0 Å². The quantitative estimate of drug-likeness (QED) is 0.770. The molecular weight excluding hydrogens is 358 g/mol. The van der Waals surface area contributed by atoms with Crippen LogP contribution in [0.5, 0.6) is 11.5 Å². The van der Waals surface area contributed by atoms with E-state index < -0.39 is 15.9 Å². The molecule has 0 saturated heterocycles. The highest BCUT2D eigenvalue weighted by molar-refractivity contribution is 7.88. The molecule has 2 aromatic rings. The van der Waals surface area contributed by atoms with E-state index >= 15 is 0 Å². The van der Waals surface area contributed by atoms with Gasteiger partial charge in [0.2, 0.25) is 22.7 Å². The molecular formula is C17H19N3O5S. The summed E-state index contributed by atoms with van der Waals surface area (Å²) < 4.78 is 35.5. The van der Waals surface area contributed by atoms with E-state index in [-0.39, 0.29) is 26.4 Å². The number of benzene rings is 1. The third-order valence-corrected chi connectivity index (χ3v) is 4.98. The Morgan fingerprint density at radius 2 is 2.04 bits per heavy atom. The second-order valence-electron chi connectivity index (χ2n) is 5.82. The van der Waals surface area contributed by atoms with Crippen molar-refractivity contribution >= 4 is 15.9 Å². The van der Waals surface area contributed by atoms with Gasteiger partial charge in [-0.15, -0.1) is 0 Å². The third-order valence-electron chi connectivity index (χ3n) is 3.78. The van der Waals surface area contributed by atoms with Gasteiger partial charge in [0.05, 0.1) is 25.0 Å². The maximum atomic E-state index is 12.2. The van der Waals surface area contributed by atoms with Crippen molar-refractivity contribution in [2.24, 2.45) is 0 Å². The smallest absolute Gasteiger partial charge is 0.235 e. The first-order valence-corrected chi connectivity index (χ1v) is 9.77. The van der Waals surface area contributed by atoms with Crippen LogP contribution in [0.1, 0.15) is 11.3 Å². The Bertz CT molecular complexity index is 887. The molecule has 0 spiro atoms. The number of carbonyl (C=O) groups excluding carboxylic acids is 1. The summed E-state index contributed by atoms with van der Waals surface area (Å²) in [6.45, 7) is 0.204. The largest absolute Gasteiger partial charge is 0.454 e. The van der Waals surface area contributed by atoms with Crippen LogP contribution < -0.4 is 14.8 Å². The summed E-state index contributed by atoms with van der Waals surface area (Å²) in [5.41, 5.74) is 1.40. The molecule has 1 aromatic heterocycles. The Labute approximate surface area is 151 Å². The van der Waals surface area contributed by atoms with Crippen LogP contribution in [0.15, 0.2) is 42.6 Å². The van der Waals surface area contributed by atoms with Gasteiger partial charge >= 0.3 is 0 Å². The van der Waals surface area contributed by atoms with Crippen molar-refractivity contribution in [2.45, 2.75) is 13.1 Å². The molecule has 1 amide bonds. The Morgan fingerprint density at radius 3 is 2.77 bits per heavy atom. The van der Waals surface area contributed by atoms with Gasteiger partial charge in [-0.1, -0.05) is 12.1 Å². The van der Waals surface area contributed by atoms with Gasteiger partial charge in [0, 0.05) is 12.7 Å². The zero-order valence-electron chi connectivity index (χ0n) is 14.2. The number of amides is 1. The fourth-order valence-electron chi connectivity index (χ4n) is 2.43. The Kier molecular flexibility index (Phi) is 5.38. The molecule has 1 aliphatic heterocycles. The summed E-state index contributed by atoms with van der Waals surface area (Å²) in [5, 5.41) is 2.72. The molecule has 1 aliphatic rings. The van der Waals surface area contributed by atoms with Crippen LogP contribution in [0, 0.1) is 0 Å².